The third-order valence-electron chi connectivity index (χ3n) is 3.64. The largest absolute Gasteiger partial charge is 0.323 e. The number of urea groups is 1. The van der Waals surface area contributed by atoms with Gasteiger partial charge in [0.15, 0.2) is 0 Å². The van der Waals surface area contributed by atoms with Gasteiger partial charge in [0.1, 0.15) is 6.33 Å². The number of nitrogens with zero attached hydrogens (tertiary/aromatic N) is 4. The quantitative estimate of drug-likeness (QED) is 0.765. The molecule has 0 aliphatic carbocycles. The lowest BCUT2D eigenvalue weighted by atomic mass is 9.87. The van der Waals surface area contributed by atoms with Gasteiger partial charge in [-0.15, -0.1) is 0 Å². The molecule has 25 heavy (non-hydrogen) atoms. The predicted octanol–water partition coefficient (Wildman–Crippen LogP) is 3.60. The molecule has 2 amide bonds. The predicted molar refractivity (Wildman–Crippen MR) is 96.9 cm³/mol. The molecule has 7 heteroatoms. The van der Waals surface area contributed by atoms with E-state index in [1.807, 2.05) is 24.3 Å². The number of carbonyl (C=O) groups excluding carboxylic acids is 1. The Morgan fingerprint density at radius 2 is 1.64 bits per heavy atom. The zero-order valence-electron chi connectivity index (χ0n) is 14.4. The number of hydrogen-bond donors (Lipinski definition) is 2. The highest BCUT2D eigenvalue weighted by atomic mass is 16.2. The van der Waals surface area contributed by atoms with Crippen LogP contribution < -0.4 is 10.6 Å². The van der Waals surface area contributed by atoms with Gasteiger partial charge in [0, 0.05) is 18.1 Å². The summed E-state index contributed by atoms with van der Waals surface area (Å²) in [5, 5.41) is 5.50. The molecule has 2 N–H and O–H groups in total. The molecule has 0 saturated carbocycles. The van der Waals surface area contributed by atoms with Gasteiger partial charge in [-0.25, -0.2) is 19.7 Å². The fraction of sp³-hybridized carbons (Fsp3) is 0.222. The molecular formula is C18H20N6O. The number of aromatic nitrogens is 4. The molecule has 0 bridgehead atoms. The minimum atomic E-state index is -0.345. The summed E-state index contributed by atoms with van der Waals surface area (Å²) in [6.07, 6.45) is 8.09. The van der Waals surface area contributed by atoms with Crippen LogP contribution in [-0.4, -0.2) is 25.6 Å². The van der Waals surface area contributed by atoms with E-state index in [4.69, 9.17) is 0 Å². The summed E-state index contributed by atoms with van der Waals surface area (Å²) in [5.74, 6) is 0.487. The lowest BCUT2D eigenvalue weighted by Gasteiger charge is -2.19. The molecule has 0 spiro atoms. The molecular weight excluding hydrogens is 316 g/mol. The minimum absolute atomic E-state index is 0.0785. The van der Waals surface area contributed by atoms with Crippen LogP contribution in [-0.2, 0) is 5.41 Å². The van der Waals surface area contributed by atoms with Crippen LogP contribution in [0.5, 0.6) is 0 Å². The SMILES string of the molecule is CC(C)(C)c1ccc(NC(=O)Nc2cnc(-n3ccnc3)nc2)cc1. The standard InChI is InChI=1S/C18H20N6O/c1-18(2,3)13-4-6-14(7-5-13)22-17(25)23-15-10-20-16(21-11-15)24-9-8-19-12-24/h4-12H,1-3H3,(H2,22,23,25). The number of amides is 2. The normalized spacial score (nSPS) is 11.2. The topological polar surface area (TPSA) is 84.7 Å². The van der Waals surface area contributed by atoms with Crippen molar-refractivity contribution >= 4 is 17.4 Å². The monoisotopic (exact) mass is 336 g/mol. The zero-order chi connectivity index (χ0) is 17.9. The first-order chi connectivity index (χ1) is 11.9. The highest BCUT2D eigenvalue weighted by Gasteiger charge is 2.13. The summed E-state index contributed by atoms with van der Waals surface area (Å²) in [6, 6.07) is 7.46. The number of nitrogens with one attached hydrogen (secondary N) is 2. The van der Waals surface area contributed by atoms with Gasteiger partial charge in [-0.2, -0.15) is 0 Å². The Labute approximate surface area is 146 Å². The molecule has 7 nitrogen and oxygen atoms in total. The second-order valence-electron chi connectivity index (χ2n) is 6.65. The summed E-state index contributed by atoms with van der Waals surface area (Å²) in [4.78, 5) is 24.4. The smallest absolute Gasteiger partial charge is 0.308 e. The van der Waals surface area contributed by atoms with Crippen LogP contribution in [0.4, 0.5) is 16.2 Å². The third-order valence-corrected chi connectivity index (χ3v) is 3.64. The molecule has 0 aliphatic heterocycles. The van der Waals surface area contributed by atoms with Crippen molar-refractivity contribution in [2.24, 2.45) is 0 Å². The van der Waals surface area contributed by atoms with Gasteiger partial charge in [-0.1, -0.05) is 32.9 Å². The van der Waals surface area contributed by atoms with Gasteiger partial charge in [0.05, 0.1) is 18.1 Å². The summed E-state index contributed by atoms with van der Waals surface area (Å²) < 4.78 is 1.68. The van der Waals surface area contributed by atoms with Crippen molar-refractivity contribution in [3.05, 3.63) is 60.9 Å². The molecule has 0 aliphatic rings. The lowest BCUT2D eigenvalue weighted by molar-refractivity contribution is 0.262. The average Bonchev–Trinajstić information content (AvgIpc) is 3.09. The molecule has 2 heterocycles. The van der Waals surface area contributed by atoms with Crippen LogP contribution in [0.3, 0.4) is 0 Å². The first-order valence-electron chi connectivity index (χ1n) is 7.91. The first kappa shape index (κ1) is 16.6. The average molecular weight is 336 g/mol. The number of benzene rings is 1. The highest BCUT2D eigenvalue weighted by molar-refractivity contribution is 5.99. The third kappa shape index (κ3) is 4.20. The van der Waals surface area contributed by atoms with Crippen LogP contribution in [0.15, 0.2) is 55.4 Å². The summed E-state index contributed by atoms with van der Waals surface area (Å²) in [7, 11) is 0. The highest BCUT2D eigenvalue weighted by Crippen LogP contribution is 2.23. The van der Waals surface area contributed by atoms with Crippen LogP contribution >= 0.6 is 0 Å². The van der Waals surface area contributed by atoms with Crippen LogP contribution in [0, 0.1) is 0 Å². The Balaban J connectivity index is 1.61. The molecule has 2 aromatic heterocycles. The summed E-state index contributed by atoms with van der Waals surface area (Å²) in [5.41, 5.74) is 2.52. The molecule has 3 rings (SSSR count). The van der Waals surface area contributed by atoms with Gasteiger partial charge in [-0.05, 0) is 23.1 Å². The van der Waals surface area contributed by atoms with Gasteiger partial charge in [0.2, 0.25) is 5.95 Å². The number of rotatable bonds is 3. The maximum atomic E-state index is 12.1. The van der Waals surface area contributed by atoms with Crippen molar-refractivity contribution in [3.8, 4) is 5.95 Å². The van der Waals surface area contributed by atoms with Gasteiger partial charge >= 0.3 is 6.03 Å². The fourth-order valence-electron chi connectivity index (χ4n) is 2.24. The molecule has 0 atom stereocenters. The molecule has 3 aromatic rings. The van der Waals surface area contributed by atoms with Crippen molar-refractivity contribution in [1.29, 1.82) is 0 Å². The Morgan fingerprint density at radius 1 is 1.00 bits per heavy atom. The van der Waals surface area contributed by atoms with Gasteiger partial charge in [0.25, 0.3) is 0 Å². The van der Waals surface area contributed by atoms with Crippen LogP contribution in [0.25, 0.3) is 5.95 Å². The lowest BCUT2D eigenvalue weighted by Crippen LogP contribution is -2.20. The Hall–Kier alpha value is -3.22. The summed E-state index contributed by atoms with van der Waals surface area (Å²) >= 11 is 0. The van der Waals surface area contributed by atoms with E-state index in [9.17, 15) is 4.79 Å². The zero-order valence-corrected chi connectivity index (χ0v) is 14.4. The van der Waals surface area contributed by atoms with Crippen molar-refractivity contribution in [1.82, 2.24) is 19.5 Å². The van der Waals surface area contributed by atoms with Crippen LogP contribution in [0.1, 0.15) is 26.3 Å². The molecule has 1 aromatic carbocycles. The minimum Gasteiger partial charge on any atom is -0.308 e. The maximum absolute atomic E-state index is 12.1. The van der Waals surface area contributed by atoms with E-state index in [1.54, 1.807) is 35.7 Å². The van der Waals surface area contributed by atoms with E-state index in [0.717, 1.165) is 5.69 Å². The van der Waals surface area contributed by atoms with Crippen molar-refractivity contribution in [3.63, 3.8) is 0 Å². The molecule has 0 radical (unpaired) electrons. The second kappa shape index (κ2) is 6.72. The van der Waals surface area contributed by atoms with Gasteiger partial charge < -0.3 is 10.6 Å². The van der Waals surface area contributed by atoms with Gasteiger partial charge in [-0.3, -0.25) is 4.57 Å². The van der Waals surface area contributed by atoms with Crippen molar-refractivity contribution in [2.45, 2.75) is 26.2 Å². The van der Waals surface area contributed by atoms with Crippen LogP contribution in [0.2, 0.25) is 0 Å². The Kier molecular flexibility index (Phi) is 4.47. The van der Waals surface area contributed by atoms with E-state index in [-0.39, 0.29) is 11.4 Å². The van der Waals surface area contributed by atoms with E-state index in [2.05, 4.69) is 46.4 Å². The van der Waals surface area contributed by atoms with Crippen molar-refractivity contribution in [2.75, 3.05) is 10.6 Å². The number of hydrogen-bond acceptors (Lipinski definition) is 4. The van der Waals surface area contributed by atoms with E-state index in [1.165, 1.54) is 5.56 Å². The number of anilines is 2. The Morgan fingerprint density at radius 3 is 2.20 bits per heavy atom. The van der Waals surface area contributed by atoms with E-state index in [0.29, 0.717) is 11.6 Å². The fourth-order valence-corrected chi connectivity index (χ4v) is 2.24. The number of carbonyl (C=O) groups is 1. The summed E-state index contributed by atoms with van der Waals surface area (Å²) in [6.45, 7) is 6.45. The van der Waals surface area contributed by atoms with E-state index >= 15 is 0 Å². The molecule has 128 valence electrons. The van der Waals surface area contributed by atoms with Crippen molar-refractivity contribution < 1.29 is 4.79 Å². The number of imidazole rings is 1. The Bertz CT molecular complexity index is 833. The van der Waals surface area contributed by atoms with E-state index < -0.39 is 0 Å². The first-order valence-corrected chi connectivity index (χ1v) is 7.91. The molecule has 0 saturated heterocycles. The molecule has 0 unspecified atom stereocenters. The second-order valence-corrected chi connectivity index (χ2v) is 6.65. The molecule has 0 fully saturated rings. The maximum Gasteiger partial charge on any atom is 0.323 e.